The quantitative estimate of drug-likeness (QED) is 0.210. The lowest BCUT2D eigenvalue weighted by molar-refractivity contribution is -0.150. The molecule has 1 fully saturated rings. The predicted octanol–water partition coefficient (Wildman–Crippen LogP) is 6.30. The van der Waals surface area contributed by atoms with Gasteiger partial charge in [0.05, 0.1) is 37.1 Å². The number of nitrogens with zero attached hydrogens (tertiary/aromatic N) is 3. The number of aliphatic hydroxyl groups excluding tert-OH is 1. The van der Waals surface area contributed by atoms with Crippen LogP contribution in [0.4, 0.5) is 21.5 Å². The Morgan fingerprint density at radius 3 is 2.37 bits per heavy atom. The summed E-state index contributed by atoms with van der Waals surface area (Å²) in [6, 6.07) is 31.7. The molecule has 1 N–H and O–H groups in total. The average Bonchev–Trinajstić information content (AvgIpc) is 3.54. The molecule has 0 unspecified atom stereocenters. The number of amides is 3. The van der Waals surface area contributed by atoms with Crippen molar-refractivity contribution in [3.05, 3.63) is 120 Å². The molecule has 264 valence electrons. The molecule has 4 aromatic carbocycles. The van der Waals surface area contributed by atoms with Crippen molar-refractivity contribution in [3.63, 3.8) is 0 Å². The Kier molecular flexibility index (Phi) is 9.16. The van der Waals surface area contributed by atoms with Crippen molar-refractivity contribution >= 4 is 34.8 Å². The second-order valence-corrected chi connectivity index (χ2v) is 14.1. The van der Waals surface area contributed by atoms with Gasteiger partial charge in [-0.2, -0.15) is 0 Å². The first-order valence-corrected chi connectivity index (χ1v) is 17.4. The highest BCUT2D eigenvalue weighted by molar-refractivity contribution is 6.08. The van der Waals surface area contributed by atoms with Crippen LogP contribution in [-0.4, -0.2) is 59.3 Å². The van der Waals surface area contributed by atoms with Crippen molar-refractivity contribution in [1.29, 1.82) is 0 Å². The number of ether oxygens (including phenoxy) is 2. The number of halogens is 1. The molecule has 10 heteroatoms. The van der Waals surface area contributed by atoms with E-state index >= 15 is 4.39 Å². The van der Waals surface area contributed by atoms with Crippen molar-refractivity contribution in [2.45, 2.75) is 57.7 Å². The molecule has 7 rings (SSSR count). The van der Waals surface area contributed by atoms with E-state index in [2.05, 4.69) is 0 Å². The summed E-state index contributed by atoms with van der Waals surface area (Å²) in [5, 5.41) is 9.80. The molecule has 4 atom stereocenters. The van der Waals surface area contributed by atoms with E-state index in [-0.39, 0.29) is 57.0 Å². The molecule has 0 radical (unpaired) electrons. The van der Waals surface area contributed by atoms with Gasteiger partial charge in [0.25, 0.3) is 11.8 Å². The first kappa shape index (κ1) is 34.4. The highest BCUT2D eigenvalue weighted by atomic mass is 19.1. The summed E-state index contributed by atoms with van der Waals surface area (Å²) in [7, 11) is 0. The number of benzene rings is 4. The van der Waals surface area contributed by atoms with Gasteiger partial charge in [-0.3, -0.25) is 19.3 Å². The van der Waals surface area contributed by atoms with Gasteiger partial charge in [0, 0.05) is 36.2 Å². The third kappa shape index (κ3) is 6.16. The van der Waals surface area contributed by atoms with Gasteiger partial charge < -0.3 is 24.4 Å². The zero-order chi connectivity index (χ0) is 35.9. The van der Waals surface area contributed by atoms with Crippen LogP contribution in [-0.2, 0) is 37.8 Å². The fourth-order valence-electron chi connectivity index (χ4n) is 8.24. The highest BCUT2D eigenvalue weighted by Crippen LogP contribution is 2.58. The van der Waals surface area contributed by atoms with Gasteiger partial charge in [-0.1, -0.05) is 79.7 Å². The first-order chi connectivity index (χ1) is 24.5. The van der Waals surface area contributed by atoms with E-state index in [9.17, 15) is 19.5 Å². The van der Waals surface area contributed by atoms with Crippen molar-refractivity contribution in [2.24, 2.45) is 11.8 Å². The Hall–Kier alpha value is -5.06. The van der Waals surface area contributed by atoms with Gasteiger partial charge in [0.2, 0.25) is 5.91 Å². The molecule has 3 heterocycles. The van der Waals surface area contributed by atoms with Crippen molar-refractivity contribution in [2.75, 3.05) is 29.6 Å². The second kappa shape index (κ2) is 13.6. The van der Waals surface area contributed by atoms with Crippen LogP contribution in [0.1, 0.15) is 43.9 Å². The lowest BCUT2D eigenvalue weighted by atomic mass is 9.71. The van der Waals surface area contributed by atoms with E-state index < -0.39 is 29.2 Å². The summed E-state index contributed by atoms with van der Waals surface area (Å²) in [4.78, 5) is 46.6. The third-order valence-electron chi connectivity index (χ3n) is 10.4. The number of para-hydroxylation sites is 3. The smallest absolute Gasteiger partial charge is 0.269 e. The largest absolute Gasteiger partial charge is 0.482 e. The average molecular weight is 692 g/mol. The summed E-state index contributed by atoms with van der Waals surface area (Å²) < 4.78 is 28.7. The number of fused-ring (bicyclic) bond motifs is 3. The molecule has 4 aromatic rings. The topological polar surface area (TPSA) is 99.6 Å². The minimum Gasteiger partial charge on any atom is -0.482 e. The van der Waals surface area contributed by atoms with E-state index in [0.717, 1.165) is 11.1 Å². The molecule has 3 amide bonds. The van der Waals surface area contributed by atoms with Crippen LogP contribution < -0.4 is 14.5 Å². The Balaban J connectivity index is 1.19. The van der Waals surface area contributed by atoms with Crippen LogP contribution in [0.5, 0.6) is 5.75 Å². The summed E-state index contributed by atoms with van der Waals surface area (Å²) in [6.45, 7) is 5.05. The molecule has 0 aromatic heterocycles. The van der Waals surface area contributed by atoms with Crippen molar-refractivity contribution < 1.29 is 33.4 Å². The number of hydrogen-bond acceptors (Lipinski definition) is 6. The molecular weight excluding hydrogens is 649 g/mol. The molecule has 1 saturated heterocycles. The molecule has 51 heavy (non-hydrogen) atoms. The Labute approximate surface area is 297 Å². The SMILES string of the molecule is C[C@H]1[C@H](C(C)(C)F)[C@@H](CC(=O)N(CCO)Cc2ccccc2)O[C@]12C(=O)N(Cc1cccc(N3C(=O)COc4ccccc43)c1)c1ccccc12. The lowest BCUT2D eigenvalue weighted by Gasteiger charge is -2.33. The summed E-state index contributed by atoms with van der Waals surface area (Å²) in [5.41, 5.74) is 0.959. The maximum absolute atomic E-state index is 16.3. The summed E-state index contributed by atoms with van der Waals surface area (Å²) in [5.74, 6) is -1.62. The molecule has 0 saturated carbocycles. The van der Waals surface area contributed by atoms with Crippen LogP contribution in [0.25, 0.3) is 0 Å². The fourth-order valence-corrected chi connectivity index (χ4v) is 8.24. The highest BCUT2D eigenvalue weighted by Gasteiger charge is 2.66. The van der Waals surface area contributed by atoms with Crippen LogP contribution in [0, 0.1) is 11.8 Å². The molecule has 0 bridgehead atoms. The molecule has 0 aliphatic carbocycles. The van der Waals surface area contributed by atoms with Crippen molar-refractivity contribution in [1.82, 2.24) is 4.90 Å². The van der Waals surface area contributed by atoms with E-state index in [1.807, 2.05) is 110 Å². The van der Waals surface area contributed by atoms with Crippen molar-refractivity contribution in [3.8, 4) is 5.75 Å². The monoisotopic (exact) mass is 691 g/mol. The van der Waals surface area contributed by atoms with Gasteiger partial charge in [-0.05, 0) is 55.3 Å². The number of anilines is 3. The standard InChI is InChI=1S/C41H42FN3O6/c1-27-38(40(2,3)42)35(23-36(47)43(20-21-46)24-28-12-5-4-6-13-28)51-41(27)31-16-7-8-17-32(31)44(39(41)49)25-29-14-11-15-30(22-29)45-33-18-9-10-19-34(33)50-26-37(45)48/h4-19,22,27,35,38,46H,20-21,23-26H2,1-3H3/t27-,35+,38-,41+/m0/s1. The minimum absolute atomic E-state index is 0.0866. The van der Waals surface area contributed by atoms with Crippen LogP contribution in [0.2, 0.25) is 0 Å². The first-order valence-electron chi connectivity index (χ1n) is 17.4. The summed E-state index contributed by atoms with van der Waals surface area (Å²) >= 11 is 0. The van der Waals surface area contributed by atoms with E-state index in [1.54, 1.807) is 14.7 Å². The van der Waals surface area contributed by atoms with E-state index in [4.69, 9.17) is 9.47 Å². The van der Waals surface area contributed by atoms with E-state index in [1.165, 1.54) is 13.8 Å². The maximum atomic E-state index is 16.3. The number of hydrogen-bond donors (Lipinski definition) is 1. The van der Waals surface area contributed by atoms with Gasteiger partial charge in [0.15, 0.2) is 12.2 Å². The number of carbonyl (C=O) groups excluding carboxylic acids is 3. The number of carbonyl (C=O) groups is 3. The molecule has 1 spiro atoms. The van der Waals surface area contributed by atoms with Crippen LogP contribution >= 0.6 is 0 Å². The lowest BCUT2D eigenvalue weighted by Crippen LogP contribution is -2.45. The maximum Gasteiger partial charge on any atom is 0.269 e. The minimum atomic E-state index is -1.78. The predicted molar refractivity (Wildman–Crippen MR) is 191 cm³/mol. The zero-order valence-corrected chi connectivity index (χ0v) is 29.0. The van der Waals surface area contributed by atoms with Gasteiger partial charge in [-0.25, -0.2) is 4.39 Å². The zero-order valence-electron chi connectivity index (χ0n) is 29.0. The van der Waals surface area contributed by atoms with Crippen LogP contribution in [0.3, 0.4) is 0 Å². The second-order valence-electron chi connectivity index (χ2n) is 14.1. The molecular formula is C41H42FN3O6. The molecule has 3 aliphatic heterocycles. The number of alkyl halides is 1. The Bertz CT molecular complexity index is 1950. The molecule has 3 aliphatic rings. The van der Waals surface area contributed by atoms with Crippen LogP contribution in [0.15, 0.2) is 103 Å². The van der Waals surface area contributed by atoms with E-state index in [0.29, 0.717) is 28.4 Å². The van der Waals surface area contributed by atoms with Gasteiger partial charge in [0.1, 0.15) is 11.4 Å². The normalized spacial score (nSPS) is 22.6. The van der Waals surface area contributed by atoms with Gasteiger partial charge >= 0.3 is 0 Å². The Morgan fingerprint density at radius 1 is 0.941 bits per heavy atom. The Morgan fingerprint density at radius 2 is 1.63 bits per heavy atom. The fraction of sp³-hybridized carbons (Fsp3) is 0.341. The number of rotatable bonds is 10. The number of aliphatic hydroxyl groups is 1. The third-order valence-corrected chi connectivity index (χ3v) is 10.4. The molecule has 9 nitrogen and oxygen atoms in total. The summed E-state index contributed by atoms with van der Waals surface area (Å²) in [6.07, 6.45) is -1.05. The van der Waals surface area contributed by atoms with Gasteiger partial charge in [-0.15, -0.1) is 0 Å².